The maximum atomic E-state index is 12.2. The van der Waals surface area contributed by atoms with Gasteiger partial charge in [0.25, 0.3) is 5.91 Å². The smallest absolute Gasteiger partial charge is 0.267 e. The Morgan fingerprint density at radius 2 is 1.80 bits per heavy atom. The summed E-state index contributed by atoms with van der Waals surface area (Å²) in [6, 6.07) is 17.5. The van der Waals surface area contributed by atoms with Crippen molar-refractivity contribution in [1.29, 1.82) is 0 Å². The summed E-state index contributed by atoms with van der Waals surface area (Å²) in [4.78, 5) is 12.2. The molecule has 0 aromatic heterocycles. The zero-order valence-electron chi connectivity index (χ0n) is 13.8. The number of aryl methyl sites for hydroxylation is 2. The van der Waals surface area contributed by atoms with E-state index in [0.29, 0.717) is 10.6 Å². The number of rotatable bonds is 3. The summed E-state index contributed by atoms with van der Waals surface area (Å²) in [6.07, 6.45) is 2.19. The summed E-state index contributed by atoms with van der Waals surface area (Å²) in [7, 11) is 0. The van der Waals surface area contributed by atoms with Gasteiger partial charge in [-0.25, -0.2) is 5.43 Å². The Morgan fingerprint density at radius 3 is 2.60 bits per heavy atom. The minimum absolute atomic E-state index is 0.271. The molecule has 0 atom stereocenters. The number of hydrogen-bond acceptors (Lipinski definition) is 2. The van der Waals surface area contributed by atoms with Crippen LogP contribution in [0, 0.1) is 0 Å². The first-order chi connectivity index (χ1) is 12.1. The zero-order valence-corrected chi connectivity index (χ0v) is 14.6. The maximum absolute atomic E-state index is 12.2. The number of halogens is 1. The summed E-state index contributed by atoms with van der Waals surface area (Å²) in [5, 5.41) is 7.38. The third-order valence-electron chi connectivity index (χ3n) is 4.68. The van der Waals surface area contributed by atoms with Crippen molar-refractivity contribution in [2.24, 2.45) is 5.10 Å². The quantitative estimate of drug-likeness (QED) is 0.538. The molecule has 1 amide bonds. The summed E-state index contributed by atoms with van der Waals surface area (Å²) in [6.45, 7) is 1.91. The number of hydrazone groups is 1. The number of hydrogen-bond donors (Lipinski definition) is 1. The Balaban J connectivity index is 1.65. The van der Waals surface area contributed by atoms with Gasteiger partial charge >= 0.3 is 0 Å². The molecule has 0 radical (unpaired) electrons. The molecular formula is C21H17ClN2O. The molecule has 1 N–H and O–H groups in total. The average Bonchev–Trinajstić information content (AvgIpc) is 3.05. The van der Waals surface area contributed by atoms with Gasteiger partial charge in [-0.15, -0.1) is 0 Å². The first-order valence-corrected chi connectivity index (χ1v) is 8.65. The Bertz CT molecular complexity index is 1010. The minimum Gasteiger partial charge on any atom is -0.267 e. The van der Waals surface area contributed by atoms with Gasteiger partial charge in [0, 0.05) is 16.1 Å². The minimum atomic E-state index is -0.271. The summed E-state index contributed by atoms with van der Waals surface area (Å²) in [5.41, 5.74) is 7.74. The van der Waals surface area contributed by atoms with Crippen LogP contribution in [-0.4, -0.2) is 11.6 Å². The van der Waals surface area contributed by atoms with Gasteiger partial charge in [-0.05, 0) is 59.9 Å². The highest BCUT2D eigenvalue weighted by Crippen LogP contribution is 2.32. The fourth-order valence-electron chi connectivity index (χ4n) is 3.45. The number of carbonyl (C=O) groups is 1. The van der Waals surface area contributed by atoms with Crippen molar-refractivity contribution in [2.45, 2.75) is 19.8 Å². The van der Waals surface area contributed by atoms with Gasteiger partial charge in [0.2, 0.25) is 0 Å². The highest BCUT2D eigenvalue weighted by Gasteiger charge is 2.16. The van der Waals surface area contributed by atoms with E-state index in [1.807, 2.05) is 6.92 Å². The van der Waals surface area contributed by atoms with Gasteiger partial charge in [-0.1, -0.05) is 48.0 Å². The highest BCUT2D eigenvalue weighted by atomic mass is 35.5. The van der Waals surface area contributed by atoms with Crippen LogP contribution in [0.5, 0.6) is 0 Å². The van der Waals surface area contributed by atoms with E-state index < -0.39 is 0 Å². The van der Waals surface area contributed by atoms with Crippen LogP contribution in [0.3, 0.4) is 0 Å². The van der Waals surface area contributed by atoms with E-state index in [4.69, 9.17) is 11.6 Å². The van der Waals surface area contributed by atoms with Crippen molar-refractivity contribution in [3.63, 3.8) is 0 Å². The largest absolute Gasteiger partial charge is 0.271 e. The van der Waals surface area contributed by atoms with Crippen molar-refractivity contribution in [1.82, 2.24) is 5.43 Å². The summed E-state index contributed by atoms with van der Waals surface area (Å²) in [5.74, 6) is -0.271. The predicted octanol–water partition coefficient (Wildman–Crippen LogP) is 4.75. The lowest BCUT2D eigenvalue weighted by molar-refractivity contribution is 0.0955. The van der Waals surface area contributed by atoms with Gasteiger partial charge < -0.3 is 0 Å². The van der Waals surface area contributed by atoms with Crippen molar-refractivity contribution < 1.29 is 4.79 Å². The molecule has 3 nitrogen and oxygen atoms in total. The lowest BCUT2D eigenvalue weighted by atomic mass is 9.98. The Kier molecular flexibility index (Phi) is 4.02. The van der Waals surface area contributed by atoms with E-state index in [-0.39, 0.29) is 5.91 Å². The second-order valence-corrected chi connectivity index (χ2v) is 6.70. The summed E-state index contributed by atoms with van der Waals surface area (Å²) >= 11 is 5.93. The molecule has 0 fully saturated rings. The molecule has 3 aromatic rings. The third kappa shape index (κ3) is 2.92. The van der Waals surface area contributed by atoms with Crippen LogP contribution in [-0.2, 0) is 12.8 Å². The van der Waals surface area contributed by atoms with E-state index in [1.54, 1.807) is 24.3 Å². The molecule has 124 valence electrons. The molecular weight excluding hydrogens is 332 g/mol. The fraction of sp³-hybridized carbons (Fsp3) is 0.143. The molecule has 4 heteroatoms. The Morgan fingerprint density at radius 1 is 1.04 bits per heavy atom. The highest BCUT2D eigenvalue weighted by molar-refractivity contribution is 6.31. The summed E-state index contributed by atoms with van der Waals surface area (Å²) < 4.78 is 0. The first kappa shape index (κ1) is 15.9. The number of benzene rings is 3. The third-order valence-corrected chi connectivity index (χ3v) is 4.91. The lowest BCUT2D eigenvalue weighted by Crippen LogP contribution is -2.19. The van der Waals surface area contributed by atoms with Crippen LogP contribution in [0.4, 0.5) is 0 Å². The molecule has 0 bridgehead atoms. The van der Waals surface area contributed by atoms with Gasteiger partial charge in [-0.2, -0.15) is 5.10 Å². The Labute approximate surface area is 151 Å². The molecule has 25 heavy (non-hydrogen) atoms. The van der Waals surface area contributed by atoms with Crippen LogP contribution in [0.1, 0.15) is 34.0 Å². The molecule has 0 saturated heterocycles. The fourth-order valence-corrected chi connectivity index (χ4v) is 3.64. The van der Waals surface area contributed by atoms with Crippen molar-refractivity contribution >= 4 is 34.0 Å². The molecule has 1 aliphatic rings. The first-order valence-electron chi connectivity index (χ1n) is 8.27. The van der Waals surface area contributed by atoms with Crippen molar-refractivity contribution in [2.75, 3.05) is 0 Å². The molecule has 3 aromatic carbocycles. The molecule has 0 aliphatic heterocycles. The van der Waals surface area contributed by atoms with E-state index in [1.165, 1.54) is 21.9 Å². The second-order valence-electron chi connectivity index (χ2n) is 6.26. The van der Waals surface area contributed by atoms with Gasteiger partial charge in [0.1, 0.15) is 0 Å². The molecule has 0 unspecified atom stereocenters. The molecule has 0 heterocycles. The van der Waals surface area contributed by atoms with Crippen LogP contribution in [0.25, 0.3) is 10.8 Å². The standard InChI is InChI=1S/C21H17ClN2O/c1-13(23-24-21(25)16-5-2-6-17(22)12-16)18-11-10-15-9-8-14-4-3-7-19(18)20(14)15/h2-7,10-12H,8-9H2,1H3,(H,24,25)/b23-13+. The topological polar surface area (TPSA) is 41.5 Å². The number of carbonyl (C=O) groups excluding carboxylic acids is 1. The SMILES string of the molecule is C/C(=N\NC(=O)c1cccc(Cl)c1)c1ccc2c3c(cccc13)CC2. The van der Waals surface area contributed by atoms with Gasteiger partial charge in [0.15, 0.2) is 0 Å². The zero-order chi connectivity index (χ0) is 17.4. The number of amides is 1. The molecule has 0 saturated carbocycles. The van der Waals surface area contributed by atoms with Crippen LogP contribution in [0.15, 0.2) is 59.7 Å². The van der Waals surface area contributed by atoms with Crippen LogP contribution in [0.2, 0.25) is 5.02 Å². The Hall–Kier alpha value is -2.65. The van der Waals surface area contributed by atoms with Crippen LogP contribution >= 0.6 is 11.6 Å². The number of nitrogens with zero attached hydrogens (tertiary/aromatic N) is 1. The second kappa shape index (κ2) is 6.34. The lowest BCUT2D eigenvalue weighted by Gasteiger charge is -2.09. The number of nitrogens with one attached hydrogen (secondary N) is 1. The van der Waals surface area contributed by atoms with Crippen molar-refractivity contribution in [3.05, 3.63) is 81.9 Å². The predicted molar refractivity (Wildman–Crippen MR) is 102 cm³/mol. The molecule has 4 rings (SSSR count). The monoisotopic (exact) mass is 348 g/mol. The van der Waals surface area contributed by atoms with E-state index >= 15 is 0 Å². The van der Waals surface area contributed by atoms with Crippen molar-refractivity contribution in [3.8, 4) is 0 Å². The normalized spacial score (nSPS) is 13.3. The van der Waals surface area contributed by atoms with E-state index in [0.717, 1.165) is 24.1 Å². The molecule has 0 spiro atoms. The van der Waals surface area contributed by atoms with Crippen LogP contribution < -0.4 is 5.43 Å². The average molecular weight is 349 g/mol. The van der Waals surface area contributed by atoms with E-state index in [2.05, 4.69) is 40.9 Å². The van der Waals surface area contributed by atoms with E-state index in [9.17, 15) is 4.79 Å². The maximum Gasteiger partial charge on any atom is 0.271 e. The molecule has 1 aliphatic carbocycles. The van der Waals surface area contributed by atoms with Gasteiger partial charge in [0.05, 0.1) is 5.71 Å². The van der Waals surface area contributed by atoms with Gasteiger partial charge in [-0.3, -0.25) is 4.79 Å².